The standard InChI is InChI=1S/C9H16O/c1-3-8-5-4-6-9(2,10)7-8/h7,10H,3-6H2,1-2H3. The maximum atomic E-state index is 9.60. The Hall–Kier alpha value is -0.300. The SMILES string of the molecule is CCC1=CC(C)(O)CCC1. The van der Waals surface area contributed by atoms with Gasteiger partial charge in [-0.3, -0.25) is 0 Å². The molecule has 0 aromatic carbocycles. The molecule has 0 aromatic rings. The van der Waals surface area contributed by atoms with E-state index in [0.29, 0.717) is 0 Å². The molecule has 1 aliphatic rings. The van der Waals surface area contributed by atoms with Gasteiger partial charge in [-0.1, -0.05) is 18.6 Å². The highest BCUT2D eigenvalue weighted by Crippen LogP contribution is 2.27. The van der Waals surface area contributed by atoms with Crippen LogP contribution in [0.2, 0.25) is 0 Å². The van der Waals surface area contributed by atoms with Crippen molar-refractivity contribution in [3.8, 4) is 0 Å². The van der Waals surface area contributed by atoms with E-state index in [2.05, 4.69) is 6.92 Å². The lowest BCUT2D eigenvalue weighted by molar-refractivity contribution is 0.0926. The first-order chi connectivity index (χ1) is 4.64. The van der Waals surface area contributed by atoms with Crippen molar-refractivity contribution >= 4 is 0 Å². The Morgan fingerprint density at radius 3 is 2.80 bits per heavy atom. The second kappa shape index (κ2) is 2.75. The maximum Gasteiger partial charge on any atom is 0.0802 e. The molecule has 0 aliphatic heterocycles. The van der Waals surface area contributed by atoms with E-state index in [-0.39, 0.29) is 0 Å². The molecule has 0 saturated heterocycles. The Bertz CT molecular complexity index is 145. The van der Waals surface area contributed by atoms with E-state index in [9.17, 15) is 5.11 Å². The molecule has 1 unspecified atom stereocenters. The number of rotatable bonds is 1. The monoisotopic (exact) mass is 140 g/mol. The number of hydrogen-bond donors (Lipinski definition) is 1. The topological polar surface area (TPSA) is 20.2 Å². The molecule has 0 fully saturated rings. The molecule has 1 N–H and O–H groups in total. The van der Waals surface area contributed by atoms with Crippen LogP contribution in [0.5, 0.6) is 0 Å². The Labute approximate surface area is 62.8 Å². The third kappa shape index (κ3) is 1.84. The second-order valence-electron chi connectivity index (χ2n) is 3.37. The number of aliphatic hydroxyl groups is 1. The van der Waals surface area contributed by atoms with Gasteiger partial charge in [-0.25, -0.2) is 0 Å². The van der Waals surface area contributed by atoms with Crippen LogP contribution in [0, 0.1) is 0 Å². The molecule has 0 saturated carbocycles. The van der Waals surface area contributed by atoms with Gasteiger partial charge in [0.1, 0.15) is 0 Å². The smallest absolute Gasteiger partial charge is 0.0802 e. The average Bonchev–Trinajstić information content (AvgIpc) is 1.86. The van der Waals surface area contributed by atoms with Gasteiger partial charge in [-0.15, -0.1) is 0 Å². The van der Waals surface area contributed by atoms with Crippen LogP contribution < -0.4 is 0 Å². The van der Waals surface area contributed by atoms with Gasteiger partial charge in [0.25, 0.3) is 0 Å². The molecule has 0 radical (unpaired) electrons. The number of hydrogen-bond acceptors (Lipinski definition) is 1. The normalized spacial score (nSPS) is 33.7. The Morgan fingerprint density at radius 1 is 1.70 bits per heavy atom. The third-order valence-electron chi connectivity index (χ3n) is 2.15. The molecule has 1 atom stereocenters. The fourth-order valence-corrected chi connectivity index (χ4v) is 1.54. The predicted octanol–water partition coefficient (Wildman–Crippen LogP) is 2.26. The van der Waals surface area contributed by atoms with Crippen LogP contribution in [-0.2, 0) is 0 Å². The van der Waals surface area contributed by atoms with Gasteiger partial charge in [0.05, 0.1) is 5.60 Å². The van der Waals surface area contributed by atoms with Crippen molar-refractivity contribution in [3.05, 3.63) is 11.6 Å². The molecular weight excluding hydrogens is 124 g/mol. The molecule has 0 bridgehead atoms. The zero-order valence-corrected chi connectivity index (χ0v) is 6.85. The quantitative estimate of drug-likeness (QED) is 0.554. The Kier molecular flexibility index (Phi) is 2.14. The summed E-state index contributed by atoms with van der Waals surface area (Å²) in [6, 6.07) is 0. The Balaban J connectivity index is 2.66. The van der Waals surface area contributed by atoms with Crippen LogP contribution >= 0.6 is 0 Å². The van der Waals surface area contributed by atoms with Gasteiger partial charge in [0.15, 0.2) is 0 Å². The van der Waals surface area contributed by atoms with E-state index in [4.69, 9.17) is 0 Å². The summed E-state index contributed by atoms with van der Waals surface area (Å²) in [7, 11) is 0. The molecule has 0 spiro atoms. The first kappa shape index (κ1) is 7.80. The summed E-state index contributed by atoms with van der Waals surface area (Å²) in [5.41, 5.74) is 0.903. The zero-order valence-electron chi connectivity index (χ0n) is 6.85. The minimum atomic E-state index is -0.510. The summed E-state index contributed by atoms with van der Waals surface area (Å²) in [6.45, 7) is 4.04. The highest BCUT2D eigenvalue weighted by Gasteiger charge is 2.20. The first-order valence-corrected chi connectivity index (χ1v) is 4.07. The van der Waals surface area contributed by atoms with Gasteiger partial charge in [0.2, 0.25) is 0 Å². The fourth-order valence-electron chi connectivity index (χ4n) is 1.54. The van der Waals surface area contributed by atoms with Crippen LogP contribution in [0.1, 0.15) is 39.5 Å². The first-order valence-electron chi connectivity index (χ1n) is 4.07. The summed E-state index contributed by atoms with van der Waals surface area (Å²) in [4.78, 5) is 0. The van der Waals surface area contributed by atoms with Crippen LogP contribution in [0.3, 0.4) is 0 Å². The highest BCUT2D eigenvalue weighted by molar-refractivity contribution is 5.13. The van der Waals surface area contributed by atoms with Gasteiger partial charge < -0.3 is 5.11 Å². The maximum absolute atomic E-state index is 9.60. The van der Waals surface area contributed by atoms with Crippen molar-refractivity contribution in [2.45, 2.75) is 45.1 Å². The van der Waals surface area contributed by atoms with Crippen molar-refractivity contribution in [2.75, 3.05) is 0 Å². The summed E-state index contributed by atoms with van der Waals surface area (Å²) in [5, 5.41) is 9.60. The van der Waals surface area contributed by atoms with Gasteiger partial charge in [-0.05, 0) is 32.6 Å². The average molecular weight is 140 g/mol. The fraction of sp³-hybridized carbons (Fsp3) is 0.778. The van der Waals surface area contributed by atoms with Crippen molar-refractivity contribution < 1.29 is 5.11 Å². The van der Waals surface area contributed by atoms with Crippen LogP contribution in [-0.4, -0.2) is 10.7 Å². The molecular formula is C9H16O. The van der Waals surface area contributed by atoms with Gasteiger partial charge in [-0.2, -0.15) is 0 Å². The largest absolute Gasteiger partial charge is 0.386 e. The predicted molar refractivity (Wildman–Crippen MR) is 42.8 cm³/mol. The van der Waals surface area contributed by atoms with Crippen LogP contribution in [0.25, 0.3) is 0 Å². The molecule has 0 aromatic heterocycles. The van der Waals surface area contributed by atoms with Crippen molar-refractivity contribution in [1.82, 2.24) is 0 Å². The molecule has 0 heterocycles. The lowest BCUT2D eigenvalue weighted by atomic mass is 9.87. The minimum absolute atomic E-state index is 0.510. The van der Waals surface area contributed by atoms with Crippen LogP contribution in [0.15, 0.2) is 11.6 Å². The van der Waals surface area contributed by atoms with E-state index >= 15 is 0 Å². The lowest BCUT2D eigenvalue weighted by Crippen LogP contribution is -2.24. The van der Waals surface area contributed by atoms with Crippen molar-refractivity contribution in [3.63, 3.8) is 0 Å². The minimum Gasteiger partial charge on any atom is -0.386 e. The van der Waals surface area contributed by atoms with E-state index in [0.717, 1.165) is 19.3 Å². The molecule has 1 aliphatic carbocycles. The van der Waals surface area contributed by atoms with E-state index in [1.54, 1.807) is 0 Å². The highest BCUT2D eigenvalue weighted by atomic mass is 16.3. The molecule has 10 heavy (non-hydrogen) atoms. The summed E-state index contributed by atoms with van der Waals surface area (Å²) < 4.78 is 0. The lowest BCUT2D eigenvalue weighted by Gasteiger charge is -2.25. The van der Waals surface area contributed by atoms with Gasteiger partial charge in [0, 0.05) is 0 Å². The molecule has 58 valence electrons. The molecule has 1 heteroatoms. The molecule has 0 amide bonds. The summed E-state index contributed by atoms with van der Waals surface area (Å²) in [6.07, 6.45) is 6.38. The van der Waals surface area contributed by atoms with Crippen LogP contribution in [0.4, 0.5) is 0 Å². The van der Waals surface area contributed by atoms with Crippen molar-refractivity contribution in [2.24, 2.45) is 0 Å². The van der Waals surface area contributed by atoms with E-state index in [1.165, 1.54) is 12.0 Å². The van der Waals surface area contributed by atoms with E-state index < -0.39 is 5.60 Å². The zero-order chi connectivity index (χ0) is 7.61. The van der Waals surface area contributed by atoms with Gasteiger partial charge >= 0.3 is 0 Å². The summed E-state index contributed by atoms with van der Waals surface area (Å²) >= 11 is 0. The van der Waals surface area contributed by atoms with Crippen molar-refractivity contribution in [1.29, 1.82) is 0 Å². The number of allylic oxidation sites excluding steroid dienone is 1. The summed E-state index contributed by atoms with van der Waals surface area (Å²) in [5.74, 6) is 0. The van der Waals surface area contributed by atoms with E-state index in [1.807, 2.05) is 13.0 Å². The second-order valence-corrected chi connectivity index (χ2v) is 3.37. The Morgan fingerprint density at radius 2 is 2.40 bits per heavy atom. The third-order valence-corrected chi connectivity index (χ3v) is 2.15. The molecule has 1 rings (SSSR count). The molecule has 1 nitrogen and oxygen atoms in total.